The first-order valence-corrected chi connectivity index (χ1v) is 9.39. The zero-order chi connectivity index (χ0) is 18.4. The first-order valence-electron chi connectivity index (χ1n) is 7.50. The number of rotatable bonds is 6. The summed E-state index contributed by atoms with van der Waals surface area (Å²) in [5.41, 5.74) is 2.19. The van der Waals surface area contributed by atoms with Crippen LogP contribution in [0.5, 0.6) is 0 Å². The van der Waals surface area contributed by atoms with Crippen LogP contribution in [0.15, 0.2) is 59.5 Å². The molecule has 0 unspecified atom stereocenters. The van der Waals surface area contributed by atoms with Crippen molar-refractivity contribution in [1.29, 1.82) is 0 Å². The first kappa shape index (κ1) is 18.6. The summed E-state index contributed by atoms with van der Waals surface area (Å²) in [5, 5.41) is 0. The van der Waals surface area contributed by atoms with Gasteiger partial charge in [-0.25, -0.2) is 8.42 Å². The number of benzene rings is 2. The summed E-state index contributed by atoms with van der Waals surface area (Å²) < 4.78 is 28.3. The van der Waals surface area contributed by atoms with Gasteiger partial charge in [0, 0.05) is 24.3 Å². The van der Waals surface area contributed by atoms with Crippen LogP contribution in [-0.2, 0) is 24.2 Å². The van der Waals surface area contributed by atoms with E-state index in [1.165, 1.54) is 19.1 Å². The highest BCUT2D eigenvalue weighted by molar-refractivity contribution is 7.90. The summed E-state index contributed by atoms with van der Waals surface area (Å²) in [4.78, 5) is 23.1. The van der Waals surface area contributed by atoms with Gasteiger partial charge in [0.15, 0.2) is 16.1 Å². The number of aldehydes is 1. The molecule has 0 aliphatic carbocycles. The molecule has 2 rings (SSSR count). The van der Waals surface area contributed by atoms with Gasteiger partial charge >= 0.3 is 5.97 Å². The van der Waals surface area contributed by atoms with Crippen LogP contribution in [0.1, 0.15) is 18.1 Å². The molecule has 0 spiro atoms. The Morgan fingerprint density at radius 2 is 1.60 bits per heavy atom. The van der Waals surface area contributed by atoms with Crippen molar-refractivity contribution >= 4 is 33.2 Å². The topological polar surface area (TPSA) is 77.5 Å². The van der Waals surface area contributed by atoms with Gasteiger partial charge in [0.2, 0.25) is 0 Å². The Kier molecular flexibility index (Phi) is 5.88. The zero-order valence-corrected chi connectivity index (χ0v) is 14.7. The van der Waals surface area contributed by atoms with E-state index in [2.05, 4.69) is 0 Å². The molecule has 5 nitrogen and oxygen atoms in total. The van der Waals surface area contributed by atoms with Gasteiger partial charge in [-0.05, 0) is 23.3 Å². The lowest BCUT2D eigenvalue weighted by Gasteiger charge is -2.13. The lowest BCUT2D eigenvalue weighted by Crippen LogP contribution is -2.06. The molecule has 0 radical (unpaired) electrons. The molecule has 2 aromatic rings. The summed E-state index contributed by atoms with van der Waals surface area (Å²) in [6.45, 7) is 1.20. The number of allylic oxidation sites excluding steroid dienone is 1. The summed E-state index contributed by atoms with van der Waals surface area (Å²) >= 11 is 0. The summed E-state index contributed by atoms with van der Waals surface area (Å²) in [5.74, 6) is -0.469. The number of ether oxygens (including phenoxy) is 1. The average molecular weight is 358 g/mol. The Morgan fingerprint density at radius 1 is 1.00 bits per heavy atom. The second-order valence-corrected chi connectivity index (χ2v) is 7.47. The molecule has 25 heavy (non-hydrogen) atoms. The number of esters is 1. The molecule has 6 heteroatoms. The van der Waals surface area contributed by atoms with Crippen LogP contribution in [-0.4, -0.2) is 33.5 Å². The quantitative estimate of drug-likeness (QED) is 0.343. The Bertz CT molecular complexity index is 895. The third-order valence-corrected chi connectivity index (χ3v) is 4.71. The Labute approximate surface area is 146 Å². The Balaban J connectivity index is 2.57. The van der Waals surface area contributed by atoms with E-state index in [0.29, 0.717) is 28.6 Å². The largest absolute Gasteiger partial charge is 0.461 e. The van der Waals surface area contributed by atoms with E-state index in [0.717, 1.165) is 6.26 Å². The molecule has 0 fully saturated rings. The fraction of sp³-hybridized carbons (Fsp3) is 0.158. The Hall–Kier alpha value is -2.73. The molecule has 130 valence electrons. The molecular weight excluding hydrogens is 340 g/mol. The van der Waals surface area contributed by atoms with Crippen molar-refractivity contribution in [3.8, 4) is 0 Å². The van der Waals surface area contributed by atoms with Crippen molar-refractivity contribution in [2.75, 3.05) is 12.9 Å². The lowest BCUT2D eigenvalue weighted by atomic mass is 9.96. The van der Waals surface area contributed by atoms with Crippen LogP contribution in [0.25, 0.3) is 11.1 Å². The molecule has 0 bridgehead atoms. The van der Waals surface area contributed by atoms with Gasteiger partial charge in [-0.15, -0.1) is 0 Å². The number of carbonyl (C=O) groups is 2. The van der Waals surface area contributed by atoms with Crippen molar-refractivity contribution in [2.24, 2.45) is 0 Å². The maximum absolute atomic E-state index is 11.7. The number of hydrogen-bond acceptors (Lipinski definition) is 5. The molecule has 0 amide bonds. The highest BCUT2D eigenvalue weighted by Crippen LogP contribution is 2.26. The van der Waals surface area contributed by atoms with E-state index in [1.54, 1.807) is 36.4 Å². The monoisotopic (exact) mass is 358 g/mol. The Morgan fingerprint density at radius 3 is 2.08 bits per heavy atom. The smallest absolute Gasteiger partial charge is 0.302 e. The van der Waals surface area contributed by atoms with Crippen LogP contribution in [0, 0.1) is 0 Å². The van der Waals surface area contributed by atoms with E-state index in [4.69, 9.17) is 4.74 Å². The molecule has 0 saturated carbocycles. The lowest BCUT2D eigenvalue weighted by molar-refractivity contribution is -0.139. The molecule has 0 aromatic heterocycles. The maximum atomic E-state index is 11.7. The maximum Gasteiger partial charge on any atom is 0.302 e. The summed E-state index contributed by atoms with van der Waals surface area (Å²) in [6, 6.07) is 15.1. The van der Waals surface area contributed by atoms with Gasteiger partial charge in [0.25, 0.3) is 0 Å². The SMILES string of the molecule is CC(=O)OC/C(=C(\C=O)c1ccccc1)c1ccc(S(C)(=O)=O)cc1. The minimum atomic E-state index is -3.32. The second-order valence-electron chi connectivity index (χ2n) is 5.45. The predicted octanol–water partition coefficient (Wildman–Crippen LogP) is 2.76. The highest BCUT2D eigenvalue weighted by atomic mass is 32.2. The van der Waals surface area contributed by atoms with E-state index >= 15 is 0 Å². The van der Waals surface area contributed by atoms with Crippen molar-refractivity contribution < 1.29 is 22.7 Å². The fourth-order valence-corrected chi connectivity index (χ4v) is 2.96. The molecule has 0 saturated heterocycles. The van der Waals surface area contributed by atoms with Crippen molar-refractivity contribution in [3.63, 3.8) is 0 Å². The van der Waals surface area contributed by atoms with Crippen molar-refractivity contribution in [1.82, 2.24) is 0 Å². The summed E-state index contributed by atoms with van der Waals surface area (Å²) in [6.07, 6.45) is 1.83. The van der Waals surface area contributed by atoms with Gasteiger partial charge < -0.3 is 4.74 Å². The summed E-state index contributed by atoms with van der Waals surface area (Å²) in [7, 11) is -3.32. The fourth-order valence-electron chi connectivity index (χ4n) is 2.32. The van der Waals surface area contributed by atoms with Crippen LogP contribution >= 0.6 is 0 Å². The van der Waals surface area contributed by atoms with Crippen LogP contribution in [0.3, 0.4) is 0 Å². The minimum absolute atomic E-state index is 0.0868. The van der Waals surface area contributed by atoms with Gasteiger partial charge in [0.05, 0.1) is 4.90 Å². The molecule has 0 aliphatic heterocycles. The van der Waals surface area contributed by atoms with Crippen molar-refractivity contribution in [2.45, 2.75) is 11.8 Å². The highest BCUT2D eigenvalue weighted by Gasteiger charge is 2.14. The number of sulfone groups is 1. The minimum Gasteiger partial charge on any atom is -0.461 e. The molecular formula is C19H18O5S. The van der Waals surface area contributed by atoms with E-state index in [9.17, 15) is 18.0 Å². The zero-order valence-electron chi connectivity index (χ0n) is 13.9. The predicted molar refractivity (Wildman–Crippen MR) is 95.5 cm³/mol. The van der Waals surface area contributed by atoms with Gasteiger partial charge in [0.1, 0.15) is 6.61 Å². The molecule has 0 heterocycles. The standard InChI is InChI=1S/C19H18O5S/c1-14(21)24-13-19(18(12-20)15-6-4-3-5-7-15)16-8-10-17(11-9-16)25(2,22)23/h3-12H,13H2,1-2H3/b19-18-. The van der Waals surface area contributed by atoms with Gasteiger partial charge in [-0.3, -0.25) is 9.59 Å². The van der Waals surface area contributed by atoms with Crippen LogP contribution in [0.2, 0.25) is 0 Å². The average Bonchev–Trinajstić information content (AvgIpc) is 2.58. The van der Waals surface area contributed by atoms with E-state index < -0.39 is 15.8 Å². The number of carbonyl (C=O) groups excluding carboxylic acids is 2. The molecule has 0 aliphatic rings. The normalized spacial score (nSPS) is 12.2. The third kappa shape index (κ3) is 4.87. The van der Waals surface area contributed by atoms with Crippen molar-refractivity contribution in [3.05, 3.63) is 65.7 Å². The van der Waals surface area contributed by atoms with Gasteiger partial charge in [-0.1, -0.05) is 42.5 Å². The van der Waals surface area contributed by atoms with Crippen LogP contribution < -0.4 is 0 Å². The first-order chi connectivity index (χ1) is 11.8. The molecule has 0 atom stereocenters. The van der Waals surface area contributed by atoms with Crippen LogP contribution in [0.4, 0.5) is 0 Å². The van der Waals surface area contributed by atoms with E-state index in [-0.39, 0.29) is 11.5 Å². The van der Waals surface area contributed by atoms with E-state index in [1.807, 2.05) is 6.07 Å². The molecule has 2 aromatic carbocycles. The third-order valence-electron chi connectivity index (χ3n) is 3.58. The number of hydrogen-bond donors (Lipinski definition) is 0. The van der Waals surface area contributed by atoms with Gasteiger partial charge in [-0.2, -0.15) is 0 Å². The molecule has 0 N–H and O–H groups in total. The second kappa shape index (κ2) is 7.90.